The number of hydrogen-bond donors (Lipinski definition) is 0. The van der Waals surface area contributed by atoms with Crippen molar-refractivity contribution in [3.05, 3.63) is 76.3 Å². The monoisotopic (exact) mass is 412 g/mol. The molecule has 2 aliphatic rings. The van der Waals surface area contributed by atoms with Crippen molar-refractivity contribution in [3.63, 3.8) is 0 Å². The van der Waals surface area contributed by atoms with Gasteiger partial charge in [-0.3, -0.25) is 0 Å². The maximum atomic E-state index is 6.04. The largest absolute Gasteiger partial charge is 0.490 e. The van der Waals surface area contributed by atoms with Crippen LogP contribution in [0.3, 0.4) is 0 Å². The normalized spacial score (nSPS) is 20.1. The number of ether oxygens (including phenoxy) is 2. The molecule has 0 aliphatic carbocycles. The summed E-state index contributed by atoms with van der Waals surface area (Å²) >= 11 is 12.0. The Bertz CT molecular complexity index is 1080. The predicted molar refractivity (Wildman–Crippen MR) is 109 cm³/mol. The Kier molecular flexibility index (Phi) is 4.07. The third-order valence-corrected chi connectivity index (χ3v) is 6.17. The number of halogens is 1. The van der Waals surface area contributed by atoms with Gasteiger partial charge in [-0.2, -0.15) is 0 Å². The molecule has 7 heteroatoms. The number of furan rings is 1. The van der Waals surface area contributed by atoms with Gasteiger partial charge in [0.1, 0.15) is 29.2 Å². The van der Waals surface area contributed by atoms with Crippen LogP contribution in [-0.4, -0.2) is 28.6 Å². The number of rotatable bonds is 3. The molecule has 2 aliphatic heterocycles. The second kappa shape index (κ2) is 6.50. The van der Waals surface area contributed by atoms with Gasteiger partial charge >= 0.3 is 0 Å². The number of nitrogens with zero attached hydrogens (tertiary/aromatic N) is 2. The minimum Gasteiger partial charge on any atom is -0.490 e. The van der Waals surface area contributed by atoms with Crippen molar-refractivity contribution >= 4 is 28.8 Å². The first kappa shape index (κ1) is 17.5. The van der Waals surface area contributed by atoms with E-state index >= 15 is 0 Å². The van der Waals surface area contributed by atoms with Crippen LogP contribution >= 0.6 is 23.8 Å². The predicted octanol–water partition coefficient (Wildman–Crippen LogP) is 4.36. The molecule has 28 heavy (non-hydrogen) atoms. The second-order valence-corrected chi connectivity index (χ2v) is 7.68. The number of hydrogen-bond acceptors (Lipinski definition) is 5. The summed E-state index contributed by atoms with van der Waals surface area (Å²) in [6.07, 6.45) is 0. The number of aromatic nitrogens is 1. The highest BCUT2D eigenvalue weighted by Gasteiger charge is 2.52. The van der Waals surface area contributed by atoms with Gasteiger partial charge in [-0.1, -0.05) is 36.5 Å². The molecule has 1 unspecified atom stereocenters. The Morgan fingerprint density at radius 1 is 1.21 bits per heavy atom. The van der Waals surface area contributed by atoms with Crippen LogP contribution in [0.2, 0.25) is 5.22 Å². The van der Waals surface area contributed by atoms with E-state index in [1.165, 1.54) is 5.56 Å². The molecule has 4 heterocycles. The Hall–Kier alpha value is -2.57. The zero-order valence-corrected chi connectivity index (χ0v) is 16.7. The van der Waals surface area contributed by atoms with Crippen LogP contribution in [0.1, 0.15) is 22.6 Å². The molecule has 142 valence electrons. The lowest BCUT2D eigenvalue weighted by Crippen LogP contribution is -2.51. The fourth-order valence-electron chi connectivity index (χ4n) is 4.08. The van der Waals surface area contributed by atoms with Gasteiger partial charge in [0.2, 0.25) is 5.88 Å². The summed E-state index contributed by atoms with van der Waals surface area (Å²) in [7, 11) is 1.61. The molecule has 0 radical (unpaired) electrons. The maximum absolute atomic E-state index is 6.04. The zero-order chi connectivity index (χ0) is 19.3. The molecule has 5 rings (SSSR count). The van der Waals surface area contributed by atoms with Crippen LogP contribution < -0.4 is 9.47 Å². The lowest BCUT2D eigenvalue weighted by molar-refractivity contribution is 0.284. The quantitative estimate of drug-likeness (QED) is 0.596. The minimum absolute atomic E-state index is 0.369. The van der Waals surface area contributed by atoms with Crippen LogP contribution in [-0.2, 0) is 18.5 Å². The topological polar surface area (TPSA) is 47.7 Å². The molecule has 0 amide bonds. The molecule has 0 N–H and O–H groups in total. The highest BCUT2D eigenvalue weighted by atomic mass is 35.5. The summed E-state index contributed by atoms with van der Waals surface area (Å²) in [4.78, 5) is 7.63. The van der Waals surface area contributed by atoms with E-state index in [9.17, 15) is 0 Å². The van der Waals surface area contributed by atoms with Gasteiger partial charge in [0.05, 0.1) is 18.6 Å². The fraction of sp³-hybridized carbons (Fsp3) is 0.238. The molecular formula is C21H17ClN2O3S. The first-order chi connectivity index (χ1) is 13.6. The smallest absolute Gasteiger partial charge is 0.213 e. The van der Waals surface area contributed by atoms with Gasteiger partial charge in [0, 0.05) is 12.6 Å². The van der Waals surface area contributed by atoms with Crippen molar-refractivity contribution in [2.24, 2.45) is 0 Å². The van der Waals surface area contributed by atoms with Gasteiger partial charge in [0.15, 0.2) is 5.22 Å². The molecule has 1 atom stereocenters. The zero-order valence-electron chi connectivity index (χ0n) is 15.1. The van der Waals surface area contributed by atoms with Gasteiger partial charge in [-0.05, 0) is 40.9 Å². The standard InChI is InChI=1S/C21H17ClN2O3S/c1-25-18-9-7-16-19(23-18)21(12-26-16)15-5-3-2-4-13(15)10-24(20(21)28)11-14-6-8-17(22)27-14/h2-9H,10-12H2,1H3. The van der Waals surface area contributed by atoms with Crippen LogP contribution in [0.5, 0.6) is 11.6 Å². The lowest BCUT2D eigenvalue weighted by atomic mass is 9.73. The molecule has 0 fully saturated rings. The summed E-state index contributed by atoms with van der Waals surface area (Å²) in [5.41, 5.74) is 2.49. The number of pyridine rings is 1. The molecule has 3 aromatic rings. The number of fused-ring (bicyclic) bond motifs is 4. The SMILES string of the molecule is COc1ccc2c(n1)C1(CO2)C(=S)N(Cc2ccc(Cl)o2)Cc2ccccc21. The summed E-state index contributed by atoms with van der Waals surface area (Å²) < 4.78 is 17.0. The van der Waals surface area contributed by atoms with Gasteiger partial charge in [-0.15, -0.1) is 0 Å². The molecule has 5 nitrogen and oxygen atoms in total. The molecule has 1 spiro atoms. The summed E-state index contributed by atoms with van der Waals surface area (Å²) in [5, 5.41) is 0.369. The summed E-state index contributed by atoms with van der Waals surface area (Å²) in [6.45, 7) is 1.63. The van der Waals surface area contributed by atoms with Crippen LogP contribution in [0.4, 0.5) is 0 Å². The highest BCUT2D eigenvalue weighted by molar-refractivity contribution is 7.80. The molecule has 0 saturated carbocycles. The molecule has 0 saturated heterocycles. The number of benzene rings is 1. The molecular weight excluding hydrogens is 396 g/mol. The van der Waals surface area contributed by atoms with Crippen molar-refractivity contribution < 1.29 is 13.9 Å². The average Bonchev–Trinajstić information content (AvgIpc) is 3.30. The first-order valence-electron chi connectivity index (χ1n) is 8.92. The van der Waals surface area contributed by atoms with E-state index in [1.54, 1.807) is 19.2 Å². The molecule has 2 aromatic heterocycles. The van der Waals surface area contributed by atoms with Crippen molar-refractivity contribution in [2.45, 2.75) is 18.5 Å². The third-order valence-electron chi connectivity index (χ3n) is 5.36. The van der Waals surface area contributed by atoms with Crippen molar-refractivity contribution in [3.8, 4) is 11.6 Å². The van der Waals surface area contributed by atoms with Crippen LogP contribution in [0.25, 0.3) is 0 Å². The maximum Gasteiger partial charge on any atom is 0.213 e. The number of methoxy groups -OCH3 is 1. The van der Waals surface area contributed by atoms with E-state index in [0.29, 0.717) is 30.8 Å². The van der Waals surface area contributed by atoms with Crippen molar-refractivity contribution in [2.75, 3.05) is 13.7 Å². The molecule has 1 aromatic carbocycles. The highest BCUT2D eigenvalue weighted by Crippen LogP contribution is 2.48. The molecule has 0 bridgehead atoms. The Balaban J connectivity index is 1.66. The van der Waals surface area contributed by atoms with E-state index in [4.69, 9.17) is 42.7 Å². The van der Waals surface area contributed by atoms with Gasteiger partial charge in [0.25, 0.3) is 0 Å². The van der Waals surface area contributed by atoms with Gasteiger partial charge < -0.3 is 18.8 Å². The Morgan fingerprint density at radius 2 is 2.07 bits per heavy atom. The Morgan fingerprint density at radius 3 is 2.86 bits per heavy atom. The van der Waals surface area contributed by atoms with E-state index < -0.39 is 5.41 Å². The van der Waals surface area contributed by atoms with Crippen LogP contribution in [0, 0.1) is 0 Å². The van der Waals surface area contributed by atoms with E-state index in [1.807, 2.05) is 24.3 Å². The van der Waals surface area contributed by atoms with Crippen molar-refractivity contribution in [1.29, 1.82) is 0 Å². The Labute approximate surface area is 172 Å². The third kappa shape index (κ3) is 2.52. The lowest BCUT2D eigenvalue weighted by Gasteiger charge is -2.42. The number of thiocarbonyl (C=S) groups is 1. The van der Waals surface area contributed by atoms with E-state index in [2.05, 4.69) is 17.0 Å². The summed E-state index contributed by atoms with van der Waals surface area (Å²) in [5.74, 6) is 2.04. The van der Waals surface area contributed by atoms with Crippen molar-refractivity contribution in [1.82, 2.24) is 9.88 Å². The summed E-state index contributed by atoms with van der Waals surface area (Å²) in [6, 6.07) is 15.6. The minimum atomic E-state index is -0.634. The van der Waals surface area contributed by atoms with E-state index in [-0.39, 0.29) is 0 Å². The first-order valence-corrected chi connectivity index (χ1v) is 9.71. The van der Waals surface area contributed by atoms with Gasteiger partial charge in [-0.25, -0.2) is 4.98 Å². The fourth-order valence-corrected chi connectivity index (χ4v) is 4.63. The van der Waals surface area contributed by atoms with E-state index in [0.717, 1.165) is 27.8 Å². The van der Waals surface area contributed by atoms with Crippen LogP contribution in [0.15, 0.2) is 52.9 Å². The average molecular weight is 413 g/mol. The second-order valence-electron chi connectivity index (χ2n) is 6.92.